The molecule has 1 aliphatic heterocycles. The summed E-state index contributed by atoms with van der Waals surface area (Å²) in [6.07, 6.45) is 3.68. The molecule has 0 spiro atoms. The molecular weight excluding hydrogens is 302 g/mol. The third kappa shape index (κ3) is 4.52. The summed E-state index contributed by atoms with van der Waals surface area (Å²) in [4.78, 5) is 8.45. The van der Waals surface area contributed by atoms with E-state index < -0.39 is 0 Å². The van der Waals surface area contributed by atoms with Crippen LogP contribution in [0.1, 0.15) is 37.1 Å². The number of nitrogens with one attached hydrogen (secondary N) is 1. The molecule has 5 heteroatoms. The van der Waals surface area contributed by atoms with Gasteiger partial charge in [0.25, 0.3) is 0 Å². The second-order valence-electron chi connectivity index (χ2n) is 6.26. The van der Waals surface area contributed by atoms with Gasteiger partial charge in [0, 0.05) is 25.0 Å². The number of nitrogens with zero attached hydrogens (tertiary/aromatic N) is 2. The Morgan fingerprint density at radius 2 is 1.92 bits per heavy atom. The van der Waals surface area contributed by atoms with Crippen LogP contribution in [0.2, 0.25) is 0 Å². The predicted octanol–water partition coefficient (Wildman–Crippen LogP) is 3.52. The summed E-state index contributed by atoms with van der Waals surface area (Å²) >= 11 is 0. The van der Waals surface area contributed by atoms with Crippen molar-refractivity contribution in [3.05, 3.63) is 54.0 Å². The maximum Gasteiger partial charge on any atom is 0.129 e. The molecule has 2 aromatic rings. The van der Waals surface area contributed by atoms with Crippen LogP contribution in [0.15, 0.2) is 42.7 Å². The summed E-state index contributed by atoms with van der Waals surface area (Å²) in [5, 5.41) is 3.46. The van der Waals surface area contributed by atoms with Gasteiger partial charge in [0.2, 0.25) is 0 Å². The maximum absolute atomic E-state index is 6.46. The van der Waals surface area contributed by atoms with Crippen molar-refractivity contribution in [2.75, 3.05) is 18.5 Å². The number of benzene rings is 1. The van der Waals surface area contributed by atoms with E-state index in [-0.39, 0.29) is 18.2 Å². The summed E-state index contributed by atoms with van der Waals surface area (Å²) in [6, 6.07) is 12.4. The molecule has 24 heavy (non-hydrogen) atoms. The van der Waals surface area contributed by atoms with Crippen LogP contribution < -0.4 is 5.32 Å². The number of aryl methyl sites for hydroxylation is 1. The van der Waals surface area contributed by atoms with E-state index in [0.717, 1.165) is 37.6 Å². The Morgan fingerprint density at radius 3 is 2.62 bits per heavy atom. The van der Waals surface area contributed by atoms with Crippen LogP contribution in [-0.2, 0) is 9.47 Å². The van der Waals surface area contributed by atoms with Gasteiger partial charge in [-0.3, -0.25) is 0 Å². The number of hydrogen-bond donors (Lipinski definition) is 1. The zero-order valence-corrected chi connectivity index (χ0v) is 14.3. The lowest BCUT2D eigenvalue weighted by molar-refractivity contribution is -0.0739. The molecule has 1 saturated heterocycles. The smallest absolute Gasteiger partial charge is 0.129 e. The van der Waals surface area contributed by atoms with E-state index in [1.54, 1.807) is 6.33 Å². The molecule has 5 nitrogen and oxygen atoms in total. The van der Waals surface area contributed by atoms with E-state index in [1.165, 1.54) is 5.56 Å². The van der Waals surface area contributed by atoms with Gasteiger partial charge in [-0.05, 0) is 32.3 Å². The van der Waals surface area contributed by atoms with Gasteiger partial charge in [-0.25, -0.2) is 9.97 Å². The van der Waals surface area contributed by atoms with Crippen LogP contribution >= 0.6 is 0 Å². The normalized spacial score (nSPS) is 18.1. The quantitative estimate of drug-likeness (QED) is 0.880. The fraction of sp³-hybridized carbons (Fsp3) is 0.474. The maximum atomic E-state index is 6.46. The number of anilines is 1. The molecular formula is C19H25N3O2. The first-order chi connectivity index (χ1) is 11.7. The fourth-order valence-electron chi connectivity index (χ4n) is 2.99. The van der Waals surface area contributed by atoms with Gasteiger partial charge in [-0.15, -0.1) is 0 Å². The van der Waals surface area contributed by atoms with E-state index in [0.29, 0.717) is 0 Å². The third-order valence-electron chi connectivity index (χ3n) is 4.27. The average Bonchev–Trinajstić information content (AvgIpc) is 2.61. The monoisotopic (exact) mass is 327 g/mol. The number of rotatable bonds is 6. The Balaban J connectivity index is 1.75. The molecule has 3 rings (SSSR count). The van der Waals surface area contributed by atoms with E-state index >= 15 is 0 Å². The molecule has 2 unspecified atom stereocenters. The van der Waals surface area contributed by atoms with E-state index in [1.807, 2.05) is 19.1 Å². The fourth-order valence-corrected chi connectivity index (χ4v) is 2.99. The molecule has 2 heterocycles. The number of aromatic nitrogens is 2. The Bertz CT molecular complexity index is 630. The van der Waals surface area contributed by atoms with Crippen molar-refractivity contribution in [2.45, 2.75) is 44.9 Å². The Morgan fingerprint density at radius 1 is 1.17 bits per heavy atom. The van der Waals surface area contributed by atoms with Crippen LogP contribution in [0.5, 0.6) is 0 Å². The second-order valence-corrected chi connectivity index (χ2v) is 6.26. The molecule has 1 fully saturated rings. The topological polar surface area (TPSA) is 56.3 Å². The highest BCUT2D eigenvalue weighted by Gasteiger charge is 2.25. The summed E-state index contributed by atoms with van der Waals surface area (Å²) in [5.41, 5.74) is 2.12. The first-order valence-electron chi connectivity index (χ1n) is 8.55. The zero-order valence-electron chi connectivity index (χ0n) is 14.3. The lowest BCUT2D eigenvalue weighted by atomic mass is 10.0. The molecule has 1 aromatic carbocycles. The minimum absolute atomic E-state index is 0.0374. The average molecular weight is 327 g/mol. The SMILES string of the molecule is Cc1cc(NC(C)C(OC2CCOCC2)c2ccccc2)ncn1. The minimum atomic E-state index is -0.0374. The van der Waals surface area contributed by atoms with Crippen molar-refractivity contribution < 1.29 is 9.47 Å². The van der Waals surface area contributed by atoms with Crippen molar-refractivity contribution in [1.82, 2.24) is 9.97 Å². The van der Waals surface area contributed by atoms with E-state index in [2.05, 4.69) is 46.5 Å². The molecule has 0 bridgehead atoms. The molecule has 2 atom stereocenters. The lowest BCUT2D eigenvalue weighted by Gasteiger charge is -2.32. The highest BCUT2D eigenvalue weighted by molar-refractivity contribution is 5.36. The number of hydrogen-bond acceptors (Lipinski definition) is 5. The molecule has 1 aliphatic rings. The Hall–Kier alpha value is -1.98. The summed E-state index contributed by atoms with van der Waals surface area (Å²) < 4.78 is 11.9. The summed E-state index contributed by atoms with van der Waals surface area (Å²) in [5.74, 6) is 0.825. The molecule has 0 amide bonds. The zero-order chi connectivity index (χ0) is 16.8. The summed E-state index contributed by atoms with van der Waals surface area (Å²) in [7, 11) is 0. The van der Waals surface area contributed by atoms with Gasteiger partial charge in [-0.2, -0.15) is 0 Å². The molecule has 128 valence electrons. The van der Waals surface area contributed by atoms with Gasteiger partial charge in [0.15, 0.2) is 0 Å². The Labute approximate surface area is 143 Å². The molecule has 0 saturated carbocycles. The lowest BCUT2D eigenvalue weighted by Crippen LogP contribution is -2.32. The largest absolute Gasteiger partial charge is 0.381 e. The van der Waals surface area contributed by atoms with Crippen molar-refractivity contribution in [2.24, 2.45) is 0 Å². The van der Waals surface area contributed by atoms with Crippen molar-refractivity contribution in [3.63, 3.8) is 0 Å². The van der Waals surface area contributed by atoms with Crippen molar-refractivity contribution in [1.29, 1.82) is 0 Å². The Kier molecular flexibility index (Phi) is 5.77. The van der Waals surface area contributed by atoms with Gasteiger partial charge in [-0.1, -0.05) is 30.3 Å². The van der Waals surface area contributed by atoms with Crippen LogP contribution in [0.25, 0.3) is 0 Å². The van der Waals surface area contributed by atoms with Gasteiger partial charge in [0.05, 0.1) is 12.1 Å². The predicted molar refractivity (Wildman–Crippen MR) is 94.0 cm³/mol. The van der Waals surface area contributed by atoms with Crippen LogP contribution in [0.4, 0.5) is 5.82 Å². The second kappa shape index (κ2) is 8.22. The van der Waals surface area contributed by atoms with Crippen molar-refractivity contribution in [3.8, 4) is 0 Å². The molecule has 1 N–H and O–H groups in total. The first kappa shape index (κ1) is 16.9. The van der Waals surface area contributed by atoms with Gasteiger partial charge >= 0.3 is 0 Å². The van der Waals surface area contributed by atoms with Gasteiger partial charge in [0.1, 0.15) is 18.2 Å². The first-order valence-corrected chi connectivity index (χ1v) is 8.55. The number of ether oxygens (including phenoxy) is 2. The minimum Gasteiger partial charge on any atom is -0.381 e. The molecule has 0 aliphatic carbocycles. The molecule has 0 radical (unpaired) electrons. The highest BCUT2D eigenvalue weighted by Crippen LogP contribution is 2.27. The van der Waals surface area contributed by atoms with Crippen LogP contribution in [0.3, 0.4) is 0 Å². The van der Waals surface area contributed by atoms with E-state index in [9.17, 15) is 0 Å². The van der Waals surface area contributed by atoms with Crippen molar-refractivity contribution >= 4 is 5.82 Å². The highest BCUT2D eigenvalue weighted by atomic mass is 16.5. The van der Waals surface area contributed by atoms with E-state index in [4.69, 9.17) is 9.47 Å². The van der Waals surface area contributed by atoms with Gasteiger partial charge < -0.3 is 14.8 Å². The van der Waals surface area contributed by atoms with Crippen LogP contribution in [-0.4, -0.2) is 35.3 Å². The standard InChI is InChI=1S/C19H25N3O2/c1-14-12-18(21-13-20-14)22-15(2)19(16-6-4-3-5-7-16)24-17-8-10-23-11-9-17/h3-7,12-13,15,17,19H,8-11H2,1-2H3,(H,20,21,22). The third-order valence-corrected chi connectivity index (χ3v) is 4.27. The molecule has 1 aromatic heterocycles. The summed E-state index contributed by atoms with van der Waals surface area (Å²) in [6.45, 7) is 5.65. The van der Waals surface area contributed by atoms with Crippen LogP contribution in [0, 0.1) is 6.92 Å².